The number of fused-ring (bicyclic) bond motifs is 1. The maximum Gasteiger partial charge on any atom is 0.230 e. The van der Waals surface area contributed by atoms with Crippen molar-refractivity contribution < 1.29 is 4.79 Å². The van der Waals surface area contributed by atoms with Crippen LogP contribution in [0.5, 0.6) is 0 Å². The average Bonchev–Trinajstić information content (AvgIpc) is 3.40. The van der Waals surface area contributed by atoms with Crippen molar-refractivity contribution in [3.63, 3.8) is 0 Å². The summed E-state index contributed by atoms with van der Waals surface area (Å²) in [5.41, 5.74) is 9.28. The van der Waals surface area contributed by atoms with E-state index in [0.717, 1.165) is 16.9 Å². The van der Waals surface area contributed by atoms with E-state index < -0.39 is 0 Å². The first-order chi connectivity index (χ1) is 13.2. The number of aromatic nitrogens is 6. The third-order valence-corrected chi connectivity index (χ3v) is 4.92. The highest BCUT2D eigenvalue weighted by molar-refractivity contribution is 5.80. The topological polar surface area (TPSA) is 117 Å². The van der Waals surface area contributed by atoms with Crippen molar-refractivity contribution in [2.24, 2.45) is 5.92 Å². The molecule has 0 radical (unpaired) electrons. The number of hydrogen-bond acceptors (Lipinski definition) is 7. The first kappa shape index (κ1) is 17.6. The Morgan fingerprint density at radius 2 is 2.30 bits per heavy atom. The zero-order valence-electron chi connectivity index (χ0n) is 15.4. The number of aryl methyl sites for hydroxylation is 1. The SMILES string of the molecule is CCN(CCc1nc2ccc(C)cc2[nH]1)C(=O)C1CNNC1n1cnnn1. The smallest absolute Gasteiger partial charge is 0.230 e. The van der Waals surface area contributed by atoms with Crippen LogP contribution in [0.1, 0.15) is 24.5 Å². The summed E-state index contributed by atoms with van der Waals surface area (Å²) in [5, 5.41) is 11.2. The van der Waals surface area contributed by atoms with Gasteiger partial charge in [0.05, 0.1) is 17.0 Å². The molecule has 3 heterocycles. The lowest BCUT2D eigenvalue weighted by atomic mass is 10.1. The van der Waals surface area contributed by atoms with Gasteiger partial charge in [-0.3, -0.25) is 10.2 Å². The van der Waals surface area contributed by atoms with Gasteiger partial charge in [-0.05, 0) is 42.0 Å². The Balaban J connectivity index is 1.44. The lowest BCUT2D eigenvalue weighted by molar-refractivity contribution is -0.136. The maximum absolute atomic E-state index is 13.1. The van der Waals surface area contributed by atoms with Gasteiger partial charge in [0.2, 0.25) is 5.91 Å². The van der Waals surface area contributed by atoms with Crippen LogP contribution in [0.4, 0.5) is 0 Å². The summed E-state index contributed by atoms with van der Waals surface area (Å²) in [6.45, 7) is 5.82. The van der Waals surface area contributed by atoms with Gasteiger partial charge in [0.25, 0.3) is 0 Å². The molecule has 1 saturated heterocycles. The van der Waals surface area contributed by atoms with E-state index in [1.807, 2.05) is 24.0 Å². The predicted octanol–water partition coefficient (Wildman–Crippen LogP) is 0.172. The number of rotatable bonds is 6. The highest BCUT2D eigenvalue weighted by Crippen LogP contribution is 2.20. The van der Waals surface area contributed by atoms with Crippen LogP contribution in [0.3, 0.4) is 0 Å². The van der Waals surface area contributed by atoms with E-state index in [-0.39, 0.29) is 18.0 Å². The van der Waals surface area contributed by atoms with Crippen LogP contribution in [-0.4, -0.2) is 60.6 Å². The molecule has 2 unspecified atom stereocenters. The number of H-pyrrole nitrogens is 1. The van der Waals surface area contributed by atoms with Gasteiger partial charge in [-0.25, -0.2) is 15.1 Å². The van der Waals surface area contributed by atoms with Crippen LogP contribution in [-0.2, 0) is 11.2 Å². The van der Waals surface area contributed by atoms with E-state index in [1.165, 1.54) is 11.9 Å². The molecule has 1 amide bonds. The monoisotopic (exact) mass is 369 g/mol. The molecule has 2 atom stereocenters. The van der Waals surface area contributed by atoms with Crippen LogP contribution >= 0.6 is 0 Å². The van der Waals surface area contributed by atoms with Gasteiger partial charge in [0.1, 0.15) is 18.3 Å². The maximum atomic E-state index is 13.1. The lowest BCUT2D eigenvalue weighted by Crippen LogP contribution is -2.41. The lowest BCUT2D eigenvalue weighted by Gasteiger charge is -2.26. The van der Waals surface area contributed by atoms with Gasteiger partial charge < -0.3 is 9.88 Å². The highest BCUT2D eigenvalue weighted by Gasteiger charge is 2.37. The fourth-order valence-corrected chi connectivity index (χ4v) is 3.45. The molecule has 10 heteroatoms. The molecule has 2 aromatic heterocycles. The molecular formula is C17H23N9O. The predicted molar refractivity (Wildman–Crippen MR) is 98.3 cm³/mol. The summed E-state index contributed by atoms with van der Waals surface area (Å²) in [6.07, 6.45) is 1.89. The number of tetrazole rings is 1. The first-order valence-electron chi connectivity index (χ1n) is 9.10. The zero-order chi connectivity index (χ0) is 18.8. The minimum atomic E-state index is -0.296. The number of carbonyl (C=O) groups excluding carboxylic acids is 1. The number of carbonyl (C=O) groups is 1. The Bertz CT molecular complexity index is 920. The zero-order valence-corrected chi connectivity index (χ0v) is 15.4. The van der Waals surface area contributed by atoms with Crippen LogP contribution in [0.25, 0.3) is 11.0 Å². The molecule has 10 nitrogen and oxygen atoms in total. The fraction of sp³-hybridized carbons (Fsp3) is 0.471. The second-order valence-corrected chi connectivity index (χ2v) is 6.74. The van der Waals surface area contributed by atoms with Crippen molar-refractivity contribution in [2.75, 3.05) is 19.6 Å². The highest BCUT2D eigenvalue weighted by atomic mass is 16.2. The average molecular weight is 369 g/mol. The molecule has 0 aliphatic carbocycles. The molecule has 1 fully saturated rings. The number of hydrazine groups is 1. The van der Waals surface area contributed by atoms with Crippen molar-refractivity contribution in [2.45, 2.75) is 26.4 Å². The Kier molecular flexibility index (Phi) is 4.82. The summed E-state index contributed by atoms with van der Waals surface area (Å²) in [6, 6.07) is 6.15. The van der Waals surface area contributed by atoms with Crippen molar-refractivity contribution in [1.82, 2.24) is 45.9 Å². The van der Waals surface area contributed by atoms with E-state index in [0.29, 0.717) is 26.1 Å². The molecule has 3 N–H and O–H groups in total. The van der Waals surface area contributed by atoms with Crippen LogP contribution < -0.4 is 10.9 Å². The van der Waals surface area contributed by atoms with Crippen molar-refractivity contribution in [3.05, 3.63) is 35.9 Å². The number of hydrogen-bond donors (Lipinski definition) is 3. The van der Waals surface area contributed by atoms with Crippen LogP contribution in [0.2, 0.25) is 0 Å². The number of nitrogens with zero attached hydrogens (tertiary/aromatic N) is 6. The minimum Gasteiger partial charge on any atom is -0.342 e. The van der Waals surface area contributed by atoms with E-state index in [2.05, 4.69) is 49.3 Å². The third-order valence-electron chi connectivity index (χ3n) is 4.92. The molecule has 27 heavy (non-hydrogen) atoms. The molecule has 1 aliphatic rings. The molecular weight excluding hydrogens is 346 g/mol. The van der Waals surface area contributed by atoms with Crippen molar-refractivity contribution in [3.8, 4) is 0 Å². The minimum absolute atomic E-state index is 0.0717. The second kappa shape index (κ2) is 7.41. The van der Waals surface area contributed by atoms with E-state index >= 15 is 0 Å². The molecule has 0 spiro atoms. The fourth-order valence-electron chi connectivity index (χ4n) is 3.45. The number of imidazole rings is 1. The molecule has 0 saturated carbocycles. The van der Waals surface area contributed by atoms with Gasteiger partial charge in [-0.15, -0.1) is 5.10 Å². The quantitative estimate of drug-likeness (QED) is 0.567. The number of likely N-dealkylation sites (N-methyl/N-ethyl adjacent to an activating group) is 1. The van der Waals surface area contributed by atoms with Crippen molar-refractivity contribution >= 4 is 16.9 Å². The number of aromatic amines is 1. The summed E-state index contributed by atoms with van der Waals surface area (Å²) >= 11 is 0. The molecule has 1 aliphatic heterocycles. The van der Waals surface area contributed by atoms with E-state index in [1.54, 1.807) is 4.68 Å². The molecule has 142 valence electrons. The van der Waals surface area contributed by atoms with Gasteiger partial charge in [0, 0.05) is 26.1 Å². The molecule has 1 aromatic carbocycles. The molecule has 0 bridgehead atoms. The Labute approximate surface area is 156 Å². The normalized spacial score (nSPS) is 19.6. The summed E-state index contributed by atoms with van der Waals surface area (Å²) in [5.74, 6) is 0.691. The molecule has 3 aromatic rings. The van der Waals surface area contributed by atoms with Gasteiger partial charge in [-0.1, -0.05) is 6.07 Å². The van der Waals surface area contributed by atoms with Crippen molar-refractivity contribution in [1.29, 1.82) is 0 Å². The first-order valence-corrected chi connectivity index (χ1v) is 9.10. The largest absolute Gasteiger partial charge is 0.342 e. The van der Waals surface area contributed by atoms with Gasteiger partial charge >= 0.3 is 0 Å². The third kappa shape index (κ3) is 3.53. The summed E-state index contributed by atoms with van der Waals surface area (Å²) < 4.78 is 1.57. The summed E-state index contributed by atoms with van der Waals surface area (Å²) in [4.78, 5) is 22.9. The van der Waals surface area contributed by atoms with Crippen LogP contribution in [0.15, 0.2) is 24.5 Å². The number of amides is 1. The Morgan fingerprint density at radius 3 is 3.07 bits per heavy atom. The van der Waals surface area contributed by atoms with E-state index in [4.69, 9.17) is 0 Å². The standard InChI is InChI=1S/C17H23N9O/c1-3-25(7-6-15-20-13-5-4-11(2)8-14(13)21-15)17(27)12-9-18-22-16(12)26-10-19-23-24-26/h4-5,8,10,12,16,18,22H,3,6-7,9H2,1-2H3,(H,20,21). The van der Waals surface area contributed by atoms with Crippen LogP contribution in [0, 0.1) is 12.8 Å². The summed E-state index contributed by atoms with van der Waals surface area (Å²) in [7, 11) is 0. The Morgan fingerprint density at radius 1 is 1.41 bits per heavy atom. The van der Waals surface area contributed by atoms with Gasteiger partial charge in [0.15, 0.2) is 0 Å². The second-order valence-electron chi connectivity index (χ2n) is 6.74. The number of benzene rings is 1. The van der Waals surface area contributed by atoms with Gasteiger partial charge in [-0.2, -0.15) is 0 Å². The molecule has 4 rings (SSSR count). The van der Waals surface area contributed by atoms with E-state index in [9.17, 15) is 4.79 Å². The Hall–Kier alpha value is -2.85. The number of nitrogens with one attached hydrogen (secondary N) is 3.